The number of morpholine rings is 1. The Labute approximate surface area is 158 Å². The minimum absolute atomic E-state index is 0.480. The number of guanidine groups is 1. The first-order valence-electron chi connectivity index (χ1n) is 10.0. The Balaban J connectivity index is 1.47. The lowest BCUT2D eigenvalue weighted by Crippen LogP contribution is -2.53. The predicted octanol–water partition coefficient (Wildman–Crippen LogP) is 2.24. The second-order valence-corrected chi connectivity index (χ2v) is 7.73. The highest BCUT2D eigenvalue weighted by Crippen LogP contribution is 2.21. The van der Waals surface area contributed by atoms with Crippen LogP contribution in [0.15, 0.2) is 35.3 Å². The lowest BCUT2D eigenvalue weighted by atomic mass is 9.99. The average molecular weight is 359 g/mol. The van der Waals surface area contributed by atoms with Gasteiger partial charge in [0.2, 0.25) is 0 Å². The summed E-state index contributed by atoms with van der Waals surface area (Å²) in [5, 5.41) is 3.61. The van der Waals surface area contributed by atoms with Crippen molar-refractivity contribution in [3.8, 4) is 0 Å². The van der Waals surface area contributed by atoms with E-state index >= 15 is 0 Å². The van der Waals surface area contributed by atoms with Crippen molar-refractivity contribution < 1.29 is 4.74 Å². The molecule has 0 spiro atoms. The highest BCUT2D eigenvalue weighted by Gasteiger charge is 2.27. The zero-order valence-corrected chi connectivity index (χ0v) is 16.5. The lowest BCUT2D eigenvalue weighted by molar-refractivity contribution is -0.0174. The molecule has 2 aliphatic rings. The summed E-state index contributed by atoms with van der Waals surface area (Å²) in [6, 6.07) is 11.8. The zero-order valence-electron chi connectivity index (χ0n) is 16.5. The second kappa shape index (κ2) is 9.38. The Kier molecular flexibility index (Phi) is 6.92. The summed E-state index contributed by atoms with van der Waals surface area (Å²) in [7, 11) is 1.90. The van der Waals surface area contributed by atoms with E-state index in [-0.39, 0.29) is 0 Å². The number of rotatable bonds is 5. The Bertz CT molecular complexity index is 577. The van der Waals surface area contributed by atoms with Gasteiger partial charge in [-0.2, -0.15) is 0 Å². The molecule has 0 bridgehead atoms. The minimum atomic E-state index is 0.480. The van der Waals surface area contributed by atoms with Gasteiger partial charge in [0.25, 0.3) is 0 Å². The molecule has 2 aliphatic heterocycles. The van der Waals surface area contributed by atoms with Gasteiger partial charge in [-0.1, -0.05) is 30.3 Å². The number of nitrogens with zero attached hydrogens (tertiary/aromatic N) is 3. The Hall–Kier alpha value is -1.59. The van der Waals surface area contributed by atoms with Gasteiger partial charge < -0.3 is 15.0 Å². The van der Waals surface area contributed by atoms with Crippen LogP contribution >= 0.6 is 0 Å². The maximum absolute atomic E-state index is 5.56. The average Bonchev–Trinajstić information content (AvgIpc) is 3.11. The second-order valence-electron chi connectivity index (χ2n) is 7.73. The van der Waals surface area contributed by atoms with Gasteiger partial charge in [0.05, 0.1) is 13.2 Å². The molecular formula is C21H34N4O. The Morgan fingerprint density at radius 3 is 2.85 bits per heavy atom. The van der Waals surface area contributed by atoms with Gasteiger partial charge in [0, 0.05) is 45.3 Å². The predicted molar refractivity (Wildman–Crippen MR) is 108 cm³/mol. The number of hydrogen-bond donors (Lipinski definition) is 1. The molecule has 3 rings (SSSR count). The molecule has 3 atom stereocenters. The molecule has 0 aliphatic carbocycles. The maximum atomic E-state index is 5.56. The first-order valence-corrected chi connectivity index (χ1v) is 10.0. The molecule has 1 aromatic carbocycles. The number of nitrogens with one attached hydrogen (secondary N) is 1. The summed E-state index contributed by atoms with van der Waals surface area (Å²) in [5.41, 5.74) is 1.44. The third-order valence-corrected chi connectivity index (χ3v) is 5.71. The number of benzene rings is 1. The SMILES string of the molecule is CN=C(NCC(C)N1CCOCC1C)N1CCC(Cc2ccccc2)C1. The van der Waals surface area contributed by atoms with Crippen molar-refractivity contribution in [2.24, 2.45) is 10.9 Å². The fraction of sp³-hybridized carbons (Fsp3) is 0.667. The molecule has 3 unspecified atom stereocenters. The molecule has 1 aromatic rings. The number of ether oxygens (including phenoxy) is 1. The lowest BCUT2D eigenvalue weighted by Gasteiger charge is -2.38. The van der Waals surface area contributed by atoms with Gasteiger partial charge in [0.15, 0.2) is 5.96 Å². The van der Waals surface area contributed by atoms with Crippen LogP contribution in [-0.4, -0.2) is 74.3 Å². The largest absolute Gasteiger partial charge is 0.379 e. The van der Waals surface area contributed by atoms with Crippen LogP contribution in [-0.2, 0) is 11.2 Å². The first kappa shape index (κ1) is 19.2. The highest BCUT2D eigenvalue weighted by atomic mass is 16.5. The van der Waals surface area contributed by atoms with Crippen molar-refractivity contribution >= 4 is 5.96 Å². The number of aliphatic imine (C=N–C) groups is 1. The molecule has 2 fully saturated rings. The van der Waals surface area contributed by atoms with Crippen molar-refractivity contribution in [3.63, 3.8) is 0 Å². The van der Waals surface area contributed by atoms with E-state index in [2.05, 4.69) is 64.3 Å². The van der Waals surface area contributed by atoms with Gasteiger partial charge in [-0.05, 0) is 38.2 Å². The zero-order chi connectivity index (χ0) is 18.4. The van der Waals surface area contributed by atoms with E-state index in [4.69, 9.17) is 4.74 Å². The summed E-state index contributed by atoms with van der Waals surface area (Å²) in [6.07, 6.45) is 2.40. The van der Waals surface area contributed by atoms with Crippen LogP contribution in [0.5, 0.6) is 0 Å². The standard InChI is InChI=1S/C21H34N4O/c1-17(25-11-12-26-16-18(25)2)14-23-21(22-3)24-10-9-20(15-24)13-19-7-5-4-6-8-19/h4-8,17-18,20H,9-16H2,1-3H3,(H,22,23). The number of hydrogen-bond acceptors (Lipinski definition) is 3. The van der Waals surface area contributed by atoms with Gasteiger partial charge in [0.1, 0.15) is 0 Å². The van der Waals surface area contributed by atoms with Crippen LogP contribution in [0.3, 0.4) is 0 Å². The molecule has 2 heterocycles. The summed E-state index contributed by atoms with van der Waals surface area (Å²) in [6.45, 7) is 10.4. The van der Waals surface area contributed by atoms with E-state index in [1.807, 2.05) is 7.05 Å². The summed E-state index contributed by atoms with van der Waals surface area (Å²) >= 11 is 0. The molecule has 144 valence electrons. The summed E-state index contributed by atoms with van der Waals surface area (Å²) < 4.78 is 5.56. The van der Waals surface area contributed by atoms with Gasteiger partial charge >= 0.3 is 0 Å². The Morgan fingerprint density at radius 1 is 1.31 bits per heavy atom. The minimum Gasteiger partial charge on any atom is -0.379 e. The van der Waals surface area contributed by atoms with Crippen LogP contribution in [0.1, 0.15) is 25.8 Å². The molecule has 1 N–H and O–H groups in total. The Morgan fingerprint density at radius 2 is 2.12 bits per heavy atom. The van der Waals surface area contributed by atoms with Gasteiger partial charge in [-0.25, -0.2) is 0 Å². The molecule has 26 heavy (non-hydrogen) atoms. The van der Waals surface area contributed by atoms with Crippen molar-refractivity contribution in [2.75, 3.05) is 46.4 Å². The molecule has 0 saturated carbocycles. The normalized spacial score (nSPS) is 26.1. The fourth-order valence-corrected chi connectivity index (χ4v) is 4.22. The van der Waals surface area contributed by atoms with E-state index in [9.17, 15) is 0 Å². The summed E-state index contributed by atoms with van der Waals surface area (Å²) in [4.78, 5) is 9.49. The monoisotopic (exact) mass is 358 g/mol. The third kappa shape index (κ3) is 4.98. The molecule has 5 heteroatoms. The fourth-order valence-electron chi connectivity index (χ4n) is 4.22. The third-order valence-electron chi connectivity index (χ3n) is 5.71. The van der Waals surface area contributed by atoms with Crippen LogP contribution in [0.4, 0.5) is 0 Å². The van der Waals surface area contributed by atoms with E-state index in [1.165, 1.54) is 12.0 Å². The first-order chi connectivity index (χ1) is 12.7. The van der Waals surface area contributed by atoms with E-state index in [1.54, 1.807) is 0 Å². The van der Waals surface area contributed by atoms with Crippen LogP contribution in [0.25, 0.3) is 0 Å². The van der Waals surface area contributed by atoms with Crippen molar-refractivity contribution in [3.05, 3.63) is 35.9 Å². The topological polar surface area (TPSA) is 40.1 Å². The highest BCUT2D eigenvalue weighted by molar-refractivity contribution is 5.80. The van der Waals surface area contributed by atoms with E-state index in [0.717, 1.165) is 51.8 Å². The quantitative estimate of drug-likeness (QED) is 0.647. The van der Waals surface area contributed by atoms with Gasteiger partial charge in [-0.15, -0.1) is 0 Å². The van der Waals surface area contributed by atoms with Crippen molar-refractivity contribution in [1.82, 2.24) is 15.1 Å². The molecule has 2 saturated heterocycles. The maximum Gasteiger partial charge on any atom is 0.193 e. The van der Waals surface area contributed by atoms with Crippen LogP contribution < -0.4 is 5.32 Å². The van der Waals surface area contributed by atoms with Crippen molar-refractivity contribution in [1.29, 1.82) is 0 Å². The molecule has 0 amide bonds. The van der Waals surface area contributed by atoms with Crippen molar-refractivity contribution in [2.45, 2.75) is 38.8 Å². The summed E-state index contributed by atoms with van der Waals surface area (Å²) in [5.74, 6) is 1.76. The molecule has 0 aromatic heterocycles. The number of likely N-dealkylation sites (tertiary alicyclic amines) is 1. The van der Waals surface area contributed by atoms with Crippen LogP contribution in [0, 0.1) is 5.92 Å². The smallest absolute Gasteiger partial charge is 0.193 e. The molecular weight excluding hydrogens is 324 g/mol. The van der Waals surface area contributed by atoms with Crippen LogP contribution in [0.2, 0.25) is 0 Å². The molecule has 5 nitrogen and oxygen atoms in total. The van der Waals surface area contributed by atoms with E-state index < -0.39 is 0 Å². The van der Waals surface area contributed by atoms with E-state index in [0.29, 0.717) is 18.0 Å². The molecule has 0 radical (unpaired) electrons. The van der Waals surface area contributed by atoms with Gasteiger partial charge in [-0.3, -0.25) is 9.89 Å².